The SMILES string of the molecule is Cc1ccc(C(C)Nc2ccc(CO)cc2)c(C)c1. The smallest absolute Gasteiger partial charge is 0.0681 e. The molecule has 2 nitrogen and oxygen atoms in total. The van der Waals surface area contributed by atoms with Crippen LogP contribution in [0.4, 0.5) is 5.69 Å². The van der Waals surface area contributed by atoms with E-state index in [4.69, 9.17) is 5.11 Å². The summed E-state index contributed by atoms with van der Waals surface area (Å²) in [6.45, 7) is 6.52. The molecule has 0 aliphatic heterocycles. The average molecular weight is 255 g/mol. The lowest BCUT2D eigenvalue weighted by Crippen LogP contribution is -2.08. The number of hydrogen-bond acceptors (Lipinski definition) is 2. The molecule has 2 aromatic carbocycles. The fraction of sp³-hybridized carbons (Fsp3) is 0.294. The van der Waals surface area contributed by atoms with Crippen molar-refractivity contribution < 1.29 is 5.11 Å². The quantitative estimate of drug-likeness (QED) is 0.866. The first-order chi connectivity index (χ1) is 9.10. The molecule has 0 amide bonds. The summed E-state index contributed by atoms with van der Waals surface area (Å²) in [4.78, 5) is 0. The van der Waals surface area contributed by atoms with Crippen molar-refractivity contribution in [3.8, 4) is 0 Å². The second-order valence-electron chi connectivity index (χ2n) is 5.08. The first kappa shape index (κ1) is 13.6. The molecule has 0 fully saturated rings. The van der Waals surface area contributed by atoms with Gasteiger partial charge in [-0.15, -0.1) is 0 Å². The van der Waals surface area contributed by atoms with Crippen molar-refractivity contribution >= 4 is 5.69 Å². The molecule has 0 spiro atoms. The zero-order valence-electron chi connectivity index (χ0n) is 11.8. The number of rotatable bonds is 4. The Morgan fingerprint density at radius 2 is 1.74 bits per heavy atom. The third kappa shape index (κ3) is 3.36. The summed E-state index contributed by atoms with van der Waals surface area (Å²) < 4.78 is 0. The molecule has 0 saturated carbocycles. The van der Waals surface area contributed by atoms with Gasteiger partial charge in [-0.3, -0.25) is 0 Å². The Balaban J connectivity index is 2.13. The summed E-state index contributed by atoms with van der Waals surface area (Å²) in [5.41, 5.74) is 5.93. The number of aliphatic hydroxyl groups excluding tert-OH is 1. The van der Waals surface area contributed by atoms with Crippen LogP contribution in [0, 0.1) is 13.8 Å². The molecule has 2 heteroatoms. The lowest BCUT2D eigenvalue weighted by Gasteiger charge is -2.18. The summed E-state index contributed by atoms with van der Waals surface area (Å²) >= 11 is 0. The summed E-state index contributed by atoms with van der Waals surface area (Å²) in [7, 11) is 0. The standard InChI is InChI=1S/C17H21NO/c1-12-4-9-17(13(2)10-12)14(3)18-16-7-5-15(11-19)6-8-16/h4-10,14,18-19H,11H2,1-3H3. The van der Waals surface area contributed by atoms with E-state index in [-0.39, 0.29) is 12.6 Å². The maximum absolute atomic E-state index is 9.03. The normalized spacial score (nSPS) is 12.2. The molecular weight excluding hydrogens is 234 g/mol. The van der Waals surface area contributed by atoms with Gasteiger partial charge in [0.25, 0.3) is 0 Å². The van der Waals surface area contributed by atoms with Gasteiger partial charge in [0, 0.05) is 11.7 Å². The van der Waals surface area contributed by atoms with Gasteiger partial charge in [-0.2, -0.15) is 0 Å². The molecule has 0 saturated heterocycles. The van der Waals surface area contributed by atoms with Crippen molar-refractivity contribution in [2.24, 2.45) is 0 Å². The maximum atomic E-state index is 9.03. The van der Waals surface area contributed by atoms with Gasteiger partial charge in [0.15, 0.2) is 0 Å². The Morgan fingerprint density at radius 1 is 1.05 bits per heavy atom. The Labute approximate surface area is 115 Å². The molecule has 0 aliphatic rings. The van der Waals surface area contributed by atoms with Crippen LogP contribution in [0.15, 0.2) is 42.5 Å². The lowest BCUT2D eigenvalue weighted by atomic mass is 10.00. The minimum absolute atomic E-state index is 0.0902. The minimum atomic E-state index is 0.0902. The van der Waals surface area contributed by atoms with Crippen molar-refractivity contribution in [2.45, 2.75) is 33.4 Å². The molecule has 1 atom stereocenters. The van der Waals surface area contributed by atoms with Gasteiger partial charge in [0.1, 0.15) is 0 Å². The lowest BCUT2D eigenvalue weighted by molar-refractivity contribution is 0.282. The highest BCUT2D eigenvalue weighted by Gasteiger charge is 2.08. The number of aryl methyl sites for hydroxylation is 2. The van der Waals surface area contributed by atoms with Crippen LogP contribution in [-0.4, -0.2) is 5.11 Å². The Hall–Kier alpha value is -1.80. The van der Waals surface area contributed by atoms with Gasteiger partial charge >= 0.3 is 0 Å². The molecule has 2 aromatic rings. The van der Waals surface area contributed by atoms with Crippen LogP contribution >= 0.6 is 0 Å². The average Bonchev–Trinajstić information content (AvgIpc) is 2.39. The van der Waals surface area contributed by atoms with E-state index in [0.717, 1.165) is 11.3 Å². The van der Waals surface area contributed by atoms with Gasteiger partial charge in [0.2, 0.25) is 0 Å². The zero-order chi connectivity index (χ0) is 13.8. The van der Waals surface area contributed by atoms with Crippen molar-refractivity contribution in [3.63, 3.8) is 0 Å². The Bertz CT molecular complexity index is 546. The second-order valence-corrected chi connectivity index (χ2v) is 5.08. The van der Waals surface area contributed by atoms with E-state index in [2.05, 4.69) is 44.3 Å². The van der Waals surface area contributed by atoms with Gasteiger partial charge in [0.05, 0.1) is 6.61 Å². The van der Waals surface area contributed by atoms with E-state index in [0.29, 0.717) is 0 Å². The van der Waals surface area contributed by atoms with E-state index >= 15 is 0 Å². The van der Waals surface area contributed by atoms with Crippen LogP contribution in [0.5, 0.6) is 0 Å². The van der Waals surface area contributed by atoms with Crippen LogP contribution < -0.4 is 5.32 Å². The van der Waals surface area contributed by atoms with E-state index in [1.54, 1.807) is 0 Å². The maximum Gasteiger partial charge on any atom is 0.0681 e. The fourth-order valence-electron chi connectivity index (χ4n) is 2.35. The molecule has 1 unspecified atom stereocenters. The predicted molar refractivity (Wildman–Crippen MR) is 80.3 cm³/mol. The van der Waals surface area contributed by atoms with Gasteiger partial charge in [-0.1, -0.05) is 35.9 Å². The van der Waals surface area contributed by atoms with Crippen LogP contribution in [0.25, 0.3) is 0 Å². The highest BCUT2D eigenvalue weighted by Crippen LogP contribution is 2.23. The van der Waals surface area contributed by atoms with Gasteiger partial charge in [-0.25, -0.2) is 0 Å². The van der Waals surface area contributed by atoms with Gasteiger partial charge < -0.3 is 10.4 Å². The third-order valence-electron chi connectivity index (χ3n) is 3.41. The third-order valence-corrected chi connectivity index (χ3v) is 3.41. The topological polar surface area (TPSA) is 32.3 Å². The Kier molecular flexibility index (Phi) is 4.23. The first-order valence-electron chi connectivity index (χ1n) is 6.63. The summed E-state index contributed by atoms with van der Waals surface area (Å²) in [6, 6.07) is 14.7. The van der Waals surface area contributed by atoms with Crippen molar-refractivity contribution in [1.82, 2.24) is 0 Å². The van der Waals surface area contributed by atoms with Crippen LogP contribution in [0.1, 0.15) is 35.2 Å². The van der Waals surface area contributed by atoms with Crippen molar-refractivity contribution in [1.29, 1.82) is 0 Å². The first-order valence-corrected chi connectivity index (χ1v) is 6.63. The minimum Gasteiger partial charge on any atom is -0.392 e. The molecular formula is C17H21NO. The van der Waals surface area contributed by atoms with Crippen molar-refractivity contribution in [2.75, 3.05) is 5.32 Å². The molecule has 0 heterocycles. The monoisotopic (exact) mass is 255 g/mol. The van der Waals surface area contributed by atoms with Crippen molar-refractivity contribution in [3.05, 3.63) is 64.7 Å². The molecule has 19 heavy (non-hydrogen) atoms. The van der Waals surface area contributed by atoms with E-state index in [1.165, 1.54) is 16.7 Å². The summed E-state index contributed by atoms with van der Waals surface area (Å²) in [6.07, 6.45) is 0. The van der Waals surface area contributed by atoms with Crippen LogP contribution in [-0.2, 0) is 6.61 Å². The van der Waals surface area contributed by atoms with Gasteiger partial charge in [-0.05, 0) is 49.6 Å². The molecule has 2 N–H and O–H groups in total. The number of aliphatic hydroxyl groups is 1. The molecule has 0 radical (unpaired) electrons. The molecule has 0 aliphatic carbocycles. The fourth-order valence-corrected chi connectivity index (χ4v) is 2.35. The number of anilines is 1. The van der Waals surface area contributed by atoms with Crippen LogP contribution in [0.3, 0.4) is 0 Å². The summed E-state index contributed by atoms with van der Waals surface area (Å²) in [5.74, 6) is 0. The molecule has 0 aromatic heterocycles. The molecule has 0 bridgehead atoms. The number of nitrogens with one attached hydrogen (secondary N) is 1. The van der Waals surface area contributed by atoms with E-state index in [1.807, 2.05) is 24.3 Å². The van der Waals surface area contributed by atoms with E-state index < -0.39 is 0 Å². The second kappa shape index (κ2) is 5.89. The van der Waals surface area contributed by atoms with Crippen LogP contribution in [0.2, 0.25) is 0 Å². The highest BCUT2D eigenvalue weighted by molar-refractivity contribution is 5.47. The van der Waals surface area contributed by atoms with E-state index in [9.17, 15) is 0 Å². The predicted octanol–water partition coefficient (Wildman–Crippen LogP) is 3.97. The zero-order valence-corrected chi connectivity index (χ0v) is 11.8. The number of benzene rings is 2. The number of hydrogen-bond donors (Lipinski definition) is 2. The molecule has 2 rings (SSSR count). The highest BCUT2D eigenvalue weighted by atomic mass is 16.3. The Morgan fingerprint density at radius 3 is 2.32 bits per heavy atom. The largest absolute Gasteiger partial charge is 0.392 e. The molecule has 100 valence electrons. The summed E-state index contributed by atoms with van der Waals surface area (Å²) in [5, 5.41) is 12.5.